The number of thiazole rings is 1. The molecule has 0 saturated carbocycles. The van der Waals surface area contributed by atoms with Crippen molar-refractivity contribution in [3.8, 4) is 0 Å². The third kappa shape index (κ3) is 5.55. The van der Waals surface area contributed by atoms with Gasteiger partial charge in [-0.3, -0.25) is 14.6 Å². The molecule has 0 fully saturated rings. The van der Waals surface area contributed by atoms with E-state index < -0.39 is 21.5 Å². The zero-order chi connectivity index (χ0) is 21.6. The van der Waals surface area contributed by atoms with E-state index >= 15 is 0 Å². The van der Waals surface area contributed by atoms with Crippen LogP contribution in [0.1, 0.15) is 22.3 Å². The zero-order valence-electron chi connectivity index (χ0n) is 15.8. The third-order valence-electron chi connectivity index (χ3n) is 3.76. The van der Waals surface area contributed by atoms with E-state index in [4.69, 9.17) is 0 Å². The molecule has 11 heteroatoms. The van der Waals surface area contributed by atoms with Gasteiger partial charge in [0.2, 0.25) is 5.91 Å². The first-order chi connectivity index (χ1) is 14.3. The largest absolute Gasteiger partial charge is 0.326 e. The number of hydrogen-bond donors (Lipinski definition) is 2. The fraction of sp³-hybridized carbons (Fsp3) is 0.105. The summed E-state index contributed by atoms with van der Waals surface area (Å²) in [6.07, 6.45) is 4.43. The Balaban J connectivity index is 1.82. The molecule has 0 atom stereocenters. The Morgan fingerprint density at radius 2 is 1.90 bits per heavy atom. The summed E-state index contributed by atoms with van der Waals surface area (Å²) in [5.74, 6) is -1.24. The Morgan fingerprint density at radius 3 is 2.50 bits per heavy atom. The monoisotopic (exact) mass is 443 g/mol. The number of rotatable bonds is 7. The second-order valence-corrected chi connectivity index (χ2v) is 8.93. The topological polar surface area (TPSA) is 130 Å². The molecule has 2 amide bonds. The van der Waals surface area contributed by atoms with E-state index in [1.807, 2.05) is 0 Å². The van der Waals surface area contributed by atoms with Crippen LogP contribution in [0, 0.1) is 0 Å². The number of benzene rings is 1. The number of amides is 2. The molecule has 9 nitrogen and oxygen atoms in total. The van der Waals surface area contributed by atoms with E-state index in [0.29, 0.717) is 10.7 Å². The molecule has 0 aliphatic rings. The summed E-state index contributed by atoms with van der Waals surface area (Å²) in [5.41, 5.74) is 3.23. The number of pyridine rings is 1. The molecule has 0 bridgehead atoms. The van der Waals surface area contributed by atoms with Crippen LogP contribution in [0.4, 0.5) is 5.69 Å². The van der Waals surface area contributed by atoms with E-state index in [1.165, 1.54) is 61.1 Å². The van der Waals surface area contributed by atoms with E-state index in [-0.39, 0.29) is 22.1 Å². The van der Waals surface area contributed by atoms with Gasteiger partial charge in [-0.25, -0.2) is 18.8 Å². The highest BCUT2D eigenvalue weighted by Crippen LogP contribution is 2.18. The van der Waals surface area contributed by atoms with Crippen LogP contribution in [0.15, 0.2) is 70.4 Å². The molecule has 154 valence electrons. The Kier molecular flexibility index (Phi) is 6.65. The van der Waals surface area contributed by atoms with Gasteiger partial charge in [-0.05, 0) is 36.4 Å². The van der Waals surface area contributed by atoms with E-state index in [0.717, 1.165) is 0 Å². The maximum atomic E-state index is 12.9. The molecule has 0 unspecified atom stereocenters. The van der Waals surface area contributed by atoms with Crippen molar-refractivity contribution in [1.82, 2.24) is 15.4 Å². The van der Waals surface area contributed by atoms with Crippen LogP contribution in [0.2, 0.25) is 0 Å². The normalized spacial score (nSPS) is 11.7. The van der Waals surface area contributed by atoms with Crippen LogP contribution in [0.5, 0.6) is 0 Å². The number of aromatic nitrogens is 2. The first-order valence-corrected chi connectivity index (χ1v) is 11.2. The fourth-order valence-corrected chi connectivity index (χ4v) is 4.40. The van der Waals surface area contributed by atoms with Gasteiger partial charge in [0.05, 0.1) is 10.5 Å². The summed E-state index contributed by atoms with van der Waals surface area (Å²) >= 11 is 1.21. The molecule has 0 aliphatic carbocycles. The number of nitrogens with zero attached hydrogens (tertiary/aromatic N) is 3. The molecule has 3 aromatic rings. The first kappa shape index (κ1) is 21.3. The van der Waals surface area contributed by atoms with E-state index in [9.17, 15) is 18.0 Å². The molecule has 0 saturated heterocycles. The Hall–Kier alpha value is -3.44. The summed E-state index contributed by atoms with van der Waals surface area (Å²) < 4.78 is 25.7. The quantitative estimate of drug-likeness (QED) is 0.425. The maximum Gasteiger partial charge on any atom is 0.272 e. The summed E-state index contributed by atoms with van der Waals surface area (Å²) in [5, 5.41) is 8.65. The Morgan fingerprint density at radius 1 is 1.13 bits per heavy atom. The average Bonchev–Trinajstić information content (AvgIpc) is 3.26. The second-order valence-electron chi connectivity index (χ2n) is 6.04. The second kappa shape index (κ2) is 9.37. The van der Waals surface area contributed by atoms with Gasteiger partial charge in [-0.2, -0.15) is 5.10 Å². The van der Waals surface area contributed by atoms with Gasteiger partial charge >= 0.3 is 0 Å². The lowest BCUT2D eigenvalue weighted by Gasteiger charge is -2.08. The van der Waals surface area contributed by atoms with Crippen molar-refractivity contribution in [2.75, 3.05) is 11.1 Å². The minimum absolute atomic E-state index is 0.0550. The lowest BCUT2D eigenvalue weighted by molar-refractivity contribution is -0.114. The van der Waals surface area contributed by atoms with E-state index in [1.54, 1.807) is 17.5 Å². The molecular weight excluding hydrogens is 426 g/mol. The first-order valence-electron chi connectivity index (χ1n) is 8.62. The van der Waals surface area contributed by atoms with Gasteiger partial charge in [0.1, 0.15) is 16.5 Å². The Labute approximate surface area is 176 Å². The standard InChI is InChI=1S/C19H17N5O4S2/c1-13(25)22-15-4-6-16(7-5-15)30(27,28)12-17(19-21-9-10-29-19)23-24-18(26)14-3-2-8-20-11-14/h2-11H,12H2,1H3,(H,22,25)(H,24,26)/b23-17-. The maximum absolute atomic E-state index is 12.9. The van der Waals surface area contributed by atoms with Crippen LogP contribution in [0.3, 0.4) is 0 Å². The minimum Gasteiger partial charge on any atom is -0.326 e. The highest BCUT2D eigenvalue weighted by molar-refractivity contribution is 7.92. The molecule has 0 spiro atoms. The predicted octanol–water partition coefficient (Wildman–Crippen LogP) is 2.10. The van der Waals surface area contributed by atoms with Crippen molar-refractivity contribution in [1.29, 1.82) is 0 Å². The molecule has 30 heavy (non-hydrogen) atoms. The smallest absolute Gasteiger partial charge is 0.272 e. The van der Waals surface area contributed by atoms with Crippen LogP contribution in [-0.4, -0.2) is 41.7 Å². The number of carbonyl (C=O) groups excluding carboxylic acids is 2. The van der Waals surface area contributed by atoms with Crippen LogP contribution < -0.4 is 10.7 Å². The van der Waals surface area contributed by atoms with Crippen LogP contribution in [0.25, 0.3) is 0 Å². The SMILES string of the molecule is CC(=O)Nc1ccc(S(=O)(=O)C/C(=N/NC(=O)c2cccnc2)c2nccs2)cc1. The molecule has 0 radical (unpaired) electrons. The number of sulfone groups is 1. The summed E-state index contributed by atoms with van der Waals surface area (Å²) in [4.78, 5) is 31.4. The summed E-state index contributed by atoms with van der Waals surface area (Å²) in [6, 6.07) is 8.96. The average molecular weight is 444 g/mol. The van der Waals surface area contributed by atoms with Gasteiger partial charge in [-0.15, -0.1) is 11.3 Å². The van der Waals surface area contributed by atoms with Crippen molar-refractivity contribution in [3.05, 3.63) is 70.9 Å². The molecule has 3 rings (SSSR count). The lowest BCUT2D eigenvalue weighted by Crippen LogP contribution is -2.24. The highest BCUT2D eigenvalue weighted by Gasteiger charge is 2.21. The molecule has 1 aromatic carbocycles. The van der Waals surface area contributed by atoms with Crippen LogP contribution >= 0.6 is 11.3 Å². The third-order valence-corrected chi connectivity index (χ3v) is 6.22. The van der Waals surface area contributed by atoms with Crippen molar-refractivity contribution in [3.63, 3.8) is 0 Å². The molecule has 2 heterocycles. The molecule has 0 aliphatic heterocycles. The Bertz CT molecular complexity index is 1160. The zero-order valence-corrected chi connectivity index (χ0v) is 17.4. The van der Waals surface area contributed by atoms with Crippen molar-refractivity contribution >= 4 is 44.4 Å². The predicted molar refractivity (Wildman–Crippen MR) is 113 cm³/mol. The number of anilines is 1. The van der Waals surface area contributed by atoms with Gasteiger partial charge in [0, 0.05) is 36.6 Å². The molecule has 2 N–H and O–H groups in total. The van der Waals surface area contributed by atoms with E-state index in [2.05, 4.69) is 25.8 Å². The lowest BCUT2D eigenvalue weighted by atomic mass is 10.3. The number of carbonyl (C=O) groups is 2. The summed E-state index contributed by atoms with van der Waals surface area (Å²) in [7, 11) is -3.78. The highest BCUT2D eigenvalue weighted by atomic mass is 32.2. The number of nitrogens with one attached hydrogen (secondary N) is 2. The van der Waals surface area contributed by atoms with Crippen molar-refractivity contribution in [2.45, 2.75) is 11.8 Å². The molecule has 2 aromatic heterocycles. The number of hydrogen-bond acceptors (Lipinski definition) is 8. The molecular formula is C19H17N5O4S2. The van der Waals surface area contributed by atoms with Gasteiger partial charge in [0.15, 0.2) is 9.84 Å². The van der Waals surface area contributed by atoms with Crippen molar-refractivity contribution < 1.29 is 18.0 Å². The number of hydrazone groups is 1. The van der Waals surface area contributed by atoms with Gasteiger partial charge in [0.25, 0.3) is 5.91 Å². The fourth-order valence-electron chi connectivity index (χ4n) is 2.40. The van der Waals surface area contributed by atoms with Gasteiger partial charge in [-0.1, -0.05) is 0 Å². The minimum atomic E-state index is -3.78. The van der Waals surface area contributed by atoms with Crippen molar-refractivity contribution in [2.24, 2.45) is 5.10 Å². The summed E-state index contributed by atoms with van der Waals surface area (Å²) in [6.45, 7) is 1.36. The van der Waals surface area contributed by atoms with Gasteiger partial charge < -0.3 is 5.32 Å². The van der Waals surface area contributed by atoms with Crippen LogP contribution in [-0.2, 0) is 14.6 Å².